The van der Waals surface area contributed by atoms with Gasteiger partial charge in [-0.1, -0.05) is 50.6 Å². The van der Waals surface area contributed by atoms with Crippen LogP contribution in [-0.2, 0) is 0 Å². The van der Waals surface area contributed by atoms with Crippen molar-refractivity contribution < 1.29 is 5.11 Å². The average Bonchev–Trinajstić information content (AvgIpc) is 2.15. The van der Waals surface area contributed by atoms with E-state index < -0.39 is 6.10 Å². The predicted octanol–water partition coefficient (Wildman–Crippen LogP) is 2.82. The van der Waals surface area contributed by atoms with Crippen LogP contribution in [0.3, 0.4) is 0 Å². The van der Waals surface area contributed by atoms with E-state index in [0.29, 0.717) is 0 Å². The Hall–Kier alpha value is -0.570. The van der Waals surface area contributed by atoms with Gasteiger partial charge in [0.2, 0.25) is 0 Å². The second-order valence-electron chi connectivity index (χ2n) is 5.25. The third-order valence-electron chi connectivity index (χ3n) is 2.69. The summed E-state index contributed by atoms with van der Waals surface area (Å²) >= 11 is 0. The maximum atomic E-state index is 10.1. The SMILES string of the molecule is Cc1ccc([C@H](N)[C@H](O)C(C)(C)C)cc1.Cl. The molecular weight excluding hydrogens is 222 g/mol. The zero-order valence-corrected chi connectivity index (χ0v) is 11.2. The Bertz CT molecular complexity index is 316. The summed E-state index contributed by atoms with van der Waals surface area (Å²) in [6, 6.07) is 7.68. The van der Waals surface area contributed by atoms with Crippen molar-refractivity contribution in [2.45, 2.75) is 39.8 Å². The third-order valence-corrected chi connectivity index (χ3v) is 2.69. The fraction of sp³-hybridized carbons (Fsp3) is 0.538. The molecule has 0 bridgehead atoms. The second-order valence-corrected chi connectivity index (χ2v) is 5.25. The summed E-state index contributed by atoms with van der Waals surface area (Å²) in [5, 5.41) is 10.1. The first-order chi connectivity index (χ1) is 6.82. The van der Waals surface area contributed by atoms with Crippen molar-refractivity contribution >= 4 is 12.4 Å². The van der Waals surface area contributed by atoms with Crippen molar-refractivity contribution in [3.05, 3.63) is 35.4 Å². The Morgan fingerprint density at radius 3 is 1.94 bits per heavy atom. The van der Waals surface area contributed by atoms with E-state index in [2.05, 4.69) is 0 Å². The summed E-state index contributed by atoms with van der Waals surface area (Å²) in [5.74, 6) is 0. The fourth-order valence-corrected chi connectivity index (χ4v) is 1.51. The number of hydrogen-bond acceptors (Lipinski definition) is 2. The molecule has 0 unspecified atom stereocenters. The minimum atomic E-state index is -0.528. The second kappa shape index (κ2) is 5.67. The van der Waals surface area contributed by atoms with Gasteiger partial charge < -0.3 is 10.8 Å². The van der Waals surface area contributed by atoms with E-state index in [4.69, 9.17) is 5.73 Å². The van der Waals surface area contributed by atoms with E-state index in [0.717, 1.165) is 5.56 Å². The summed E-state index contributed by atoms with van der Waals surface area (Å²) in [5.41, 5.74) is 8.03. The number of aryl methyl sites for hydroxylation is 1. The smallest absolute Gasteiger partial charge is 0.0780 e. The number of aliphatic hydroxyl groups excluding tert-OH is 1. The number of hydrogen-bond donors (Lipinski definition) is 2. The predicted molar refractivity (Wildman–Crippen MR) is 70.8 cm³/mol. The van der Waals surface area contributed by atoms with Crippen molar-refractivity contribution in [2.24, 2.45) is 11.1 Å². The van der Waals surface area contributed by atoms with Crippen molar-refractivity contribution in [1.29, 1.82) is 0 Å². The first-order valence-corrected chi connectivity index (χ1v) is 5.32. The van der Waals surface area contributed by atoms with Crippen LogP contribution in [0.1, 0.15) is 37.9 Å². The number of rotatable bonds is 2. The van der Waals surface area contributed by atoms with Crippen molar-refractivity contribution in [3.63, 3.8) is 0 Å². The Morgan fingerprint density at radius 2 is 1.56 bits per heavy atom. The Kier molecular flexibility index (Phi) is 5.47. The summed E-state index contributed by atoms with van der Waals surface area (Å²) < 4.78 is 0. The molecule has 1 aromatic rings. The van der Waals surface area contributed by atoms with Crippen molar-refractivity contribution in [3.8, 4) is 0 Å². The van der Waals surface area contributed by atoms with Gasteiger partial charge in [-0.2, -0.15) is 0 Å². The van der Waals surface area contributed by atoms with Crippen LogP contribution in [0.5, 0.6) is 0 Å². The van der Waals surface area contributed by atoms with Crippen LogP contribution in [0.4, 0.5) is 0 Å². The van der Waals surface area contributed by atoms with Gasteiger partial charge >= 0.3 is 0 Å². The molecule has 16 heavy (non-hydrogen) atoms. The van der Waals surface area contributed by atoms with Gasteiger partial charge in [0.25, 0.3) is 0 Å². The van der Waals surface area contributed by atoms with Gasteiger partial charge in [0, 0.05) is 0 Å². The molecule has 2 nitrogen and oxygen atoms in total. The maximum Gasteiger partial charge on any atom is 0.0780 e. The van der Waals surface area contributed by atoms with E-state index in [-0.39, 0.29) is 23.9 Å². The molecule has 0 amide bonds. The molecule has 0 radical (unpaired) electrons. The van der Waals surface area contributed by atoms with E-state index in [9.17, 15) is 5.11 Å². The highest BCUT2D eigenvalue weighted by Gasteiger charge is 2.28. The average molecular weight is 244 g/mol. The van der Waals surface area contributed by atoms with Gasteiger partial charge in [0.05, 0.1) is 12.1 Å². The first kappa shape index (κ1) is 15.4. The van der Waals surface area contributed by atoms with Gasteiger partial charge in [-0.3, -0.25) is 0 Å². The van der Waals surface area contributed by atoms with Crippen LogP contribution in [0.25, 0.3) is 0 Å². The molecule has 1 aromatic carbocycles. The molecule has 0 aliphatic carbocycles. The van der Waals surface area contributed by atoms with Crippen molar-refractivity contribution in [2.75, 3.05) is 0 Å². The van der Waals surface area contributed by atoms with Crippen LogP contribution >= 0.6 is 12.4 Å². The first-order valence-electron chi connectivity index (χ1n) is 5.32. The molecule has 0 spiro atoms. The molecule has 0 fully saturated rings. The Labute approximate surface area is 104 Å². The number of benzene rings is 1. The number of aliphatic hydroxyl groups is 1. The van der Waals surface area contributed by atoms with Gasteiger partial charge in [0.15, 0.2) is 0 Å². The van der Waals surface area contributed by atoms with Crippen molar-refractivity contribution in [1.82, 2.24) is 0 Å². The van der Waals surface area contributed by atoms with Crippen LogP contribution < -0.4 is 5.73 Å². The zero-order valence-electron chi connectivity index (χ0n) is 10.4. The molecule has 3 N–H and O–H groups in total. The van der Waals surface area contributed by atoms with Crippen LogP contribution in [0, 0.1) is 12.3 Å². The lowest BCUT2D eigenvalue weighted by atomic mass is 9.82. The molecule has 2 atom stereocenters. The summed E-state index contributed by atoms with van der Waals surface area (Å²) in [6.07, 6.45) is -0.528. The minimum absolute atomic E-state index is 0. The van der Waals surface area contributed by atoms with Gasteiger partial charge in [0.1, 0.15) is 0 Å². The molecule has 0 aromatic heterocycles. The van der Waals surface area contributed by atoms with Gasteiger partial charge in [-0.15, -0.1) is 12.4 Å². The number of halogens is 1. The molecule has 0 heterocycles. The minimum Gasteiger partial charge on any atom is -0.391 e. The van der Waals surface area contributed by atoms with E-state index in [1.54, 1.807) is 0 Å². The molecule has 0 aliphatic rings. The van der Waals surface area contributed by atoms with E-state index in [1.165, 1.54) is 5.56 Å². The molecule has 0 saturated carbocycles. The van der Waals surface area contributed by atoms with E-state index in [1.807, 2.05) is 52.0 Å². The highest BCUT2D eigenvalue weighted by atomic mass is 35.5. The molecule has 3 heteroatoms. The normalized spacial score (nSPS) is 15.1. The summed E-state index contributed by atoms with van der Waals surface area (Å²) in [7, 11) is 0. The summed E-state index contributed by atoms with van der Waals surface area (Å²) in [6.45, 7) is 8.01. The zero-order chi connectivity index (χ0) is 11.6. The van der Waals surface area contributed by atoms with E-state index >= 15 is 0 Å². The van der Waals surface area contributed by atoms with Crippen LogP contribution in [0.2, 0.25) is 0 Å². The Morgan fingerprint density at radius 1 is 1.12 bits per heavy atom. The maximum absolute atomic E-state index is 10.1. The van der Waals surface area contributed by atoms with Crippen LogP contribution in [-0.4, -0.2) is 11.2 Å². The quantitative estimate of drug-likeness (QED) is 0.839. The van der Waals surface area contributed by atoms with Crippen LogP contribution in [0.15, 0.2) is 24.3 Å². The molecule has 92 valence electrons. The largest absolute Gasteiger partial charge is 0.391 e. The lowest BCUT2D eigenvalue weighted by molar-refractivity contribution is 0.0401. The summed E-state index contributed by atoms with van der Waals surface area (Å²) in [4.78, 5) is 0. The molecular formula is C13H22ClNO. The molecule has 1 rings (SSSR count). The molecule has 0 saturated heterocycles. The van der Waals surface area contributed by atoms with Gasteiger partial charge in [-0.05, 0) is 17.9 Å². The lowest BCUT2D eigenvalue weighted by Crippen LogP contribution is -2.36. The Balaban J connectivity index is 0.00000225. The lowest BCUT2D eigenvalue weighted by Gasteiger charge is -2.31. The standard InChI is InChI=1S/C13H21NO.ClH/c1-9-5-7-10(8-6-9)11(14)12(15)13(2,3)4;/h5-8,11-12,15H,14H2,1-4H3;1H/t11-,12-;/m0./s1. The van der Waals surface area contributed by atoms with Gasteiger partial charge in [-0.25, -0.2) is 0 Å². The molecule has 0 aliphatic heterocycles. The topological polar surface area (TPSA) is 46.2 Å². The monoisotopic (exact) mass is 243 g/mol. The third kappa shape index (κ3) is 3.78. The highest BCUT2D eigenvalue weighted by molar-refractivity contribution is 5.85. The number of nitrogens with two attached hydrogens (primary N) is 1. The highest BCUT2D eigenvalue weighted by Crippen LogP contribution is 2.28. The fourth-order valence-electron chi connectivity index (χ4n) is 1.51.